The molecular formula is C20H14Cl2N4O3. The molecule has 2 aromatic carbocycles. The van der Waals surface area contributed by atoms with Gasteiger partial charge in [0.15, 0.2) is 11.3 Å². The first-order valence-electron chi connectivity index (χ1n) is 8.56. The van der Waals surface area contributed by atoms with E-state index in [1.54, 1.807) is 24.3 Å². The van der Waals surface area contributed by atoms with Crippen molar-refractivity contribution in [1.82, 2.24) is 19.9 Å². The summed E-state index contributed by atoms with van der Waals surface area (Å²) in [5.41, 5.74) is 1.26. The lowest BCUT2D eigenvalue weighted by atomic mass is 10.2. The number of hydrogen-bond donors (Lipinski definition) is 3. The van der Waals surface area contributed by atoms with Crippen LogP contribution in [-0.4, -0.2) is 25.6 Å². The van der Waals surface area contributed by atoms with Gasteiger partial charge in [0, 0.05) is 12.6 Å². The van der Waals surface area contributed by atoms with E-state index in [0.717, 1.165) is 10.1 Å². The van der Waals surface area contributed by atoms with Crippen LogP contribution in [0.4, 0.5) is 0 Å². The monoisotopic (exact) mass is 428 g/mol. The number of carbonyl (C=O) groups is 1. The molecule has 0 aliphatic rings. The zero-order valence-electron chi connectivity index (χ0n) is 14.8. The van der Waals surface area contributed by atoms with E-state index in [2.05, 4.69) is 15.4 Å². The van der Waals surface area contributed by atoms with Gasteiger partial charge in [0.05, 0.1) is 15.7 Å². The number of nitrogens with one attached hydrogen (secondary N) is 2. The second-order valence-corrected chi connectivity index (χ2v) is 7.09. The molecule has 0 aliphatic carbocycles. The highest BCUT2D eigenvalue weighted by atomic mass is 35.5. The number of rotatable bonds is 4. The molecule has 29 heavy (non-hydrogen) atoms. The Kier molecular flexibility index (Phi) is 5.00. The third kappa shape index (κ3) is 3.70. The van der Waals surface area contributed by atoms with Crippen molar-refractivity contribution in [3.05, 3.63) is 86.3 Å². The van der Waals surface area contributed by atoms with E-state index in [-0.39, 0.29) is 17.9 Å². The van der Waals surface area contributed by atoms with Crippen LogP contribution < -0.4 is 10.9 Å². The number of halogens is 2. The van der Waals surface area contributed by atoms with Gasteiger partial charge in [-0.2, -0.15) is 4.52 Å². The van der Waals surface area contributed by atoms with Gasteiger partial charge in [-0.05, 0) is 23.3 Å². The first-order valence-corrected chi connectivity index (χ1v) is 9.32. The van der Waals surface area contributed by atoms with Gasteiger partial charge in [-0.25, -0.2) is 4.98 Å². The summed E-state index contributed by atoms with van der Waals surface area (Å²) in [7, 11) is 0. The number of hydrogen-bond acceptors (Lipinski definition) is 4. The Labute approximate surface area is 174 Å². The van der Waals surface area contributed by atoms with Crippen molar-refractivity contribution in [2.75, 3.05) is 0 Å². The minimum Gasteiger partial charge on any atom is -0.501 e. The van der Waals surface area contributed by atoms with Crippen molar-refractivity contribution in [1.29, 1.82) is 0 Å². The molecule has 0 saturated carbocycles. The summed E-state index contributed by atoms with van der Waals surface area (Å²) in [5, 5.41) is 16.5. The minimum absolute atomic E-state index is 0.124. The predicted molar refractivity (Wildman–Crippen MR) is 111 cm³/mol. The third-order valence-corrected chi connectivity index (χ3v) is 5.07. The molecule has 2 heterocycles. The van der Waals surface area contributed by atoms with E-state index >= 15 is 0 Å². The second-order valence-electron chi connectivity index (χ2n) is 6.27. The van der Waals surface area contributed by atoms with Crippen LogP contribution in [0.2, 0.25) is 10.0 Å². The Morgan fingerprint density at radius 1 is 1.10 bits per heavy atom. The Hall–Kier alpha value is -3.29. The average molecular weight is 429 g/mol. The molecule has 7 nitrogen and oxygen atoms in total. The van der Waals surface area contributed by atoms with Crippen LogP contribution in [0.3, 0.4) is 0 Å². The lowest BCUT2D eigenvalue weighted by Crippen LogP contribution is -2.27. The van der Waals surface area contributed by atoms with Gasteiger partial charge in [-0.1, -0.05) is 59.6 Å². The van der Waals surface area contributed by atoms with Crippen LogP contribution in [0, 0.1) is 0 Å². The van der Waals surface area contributed by atoms with Crippen LogP contribution in [0.5, 0.6) is 5.75 Å². The van der Waals surface area contributed by atoms with Crippen LogP contribution >= 0.6 is 23.2 Å². The predicted octanol–water partition coefficient (Wildman–Crippen LogP) is 3.63. The fraction of sp³-hybridized carbons (Fsp3) is 0.0500. The number of benzene rings is 2. The highest BCUT2D eigenvalue weighted by molar-refractivity contribution is 6.42. The van der Waals surface area contributed by atoms with Crippen LogP contribution in [0.25, 0.3) is 16.9 Å². The molecular weight excluding hydrogens is 415 g/mol. The van der Waals surface area contributed by atoms with Crippen LogP contribution in [-0.2, 0) is 6.54 Å². The lowest BCUT2D eigenvalue weighted by molar-refractivity contribution is 0.0942. The highest BCUT2D eigenvalue weighted by Crippen LogP contribution is 2.23. The van der Waals surface area contributed by atoms with E-state index in [1.165, 1.54) is 0 Å². The van der Waals surface area contributed by atoms with Gasteiger partial charge in [-0.3, -0.25) is 14.7 Å². The molecule has 1 amide bonds. The quantitative estimate of drug-likeness (QED) is 0.461. The molecule has 0 aliphatic heterocycles. The summed E-state index contributed by atoms with van der Waals surface area (Å²) in [4.78, 5) is 29.1. The number of nitrogens with zero attached hydrogens (tertiary/aromatic N) is 2. The minimum atomic E-state index is -0.767. The Morgan fingerprint density at radius 2 is 1.86 bits per heavy atom. The van der Waals surface area contributed by atoms with E-state index < -0.39 is 17.2 Å². The molecule has 0 bridgehead atoms. The second kappa shape index (κ2) is 7.62. The average Bonchev–Trinajstić information content (AvgIpc) is 3.16. The number of amides is 1. The topological polar surface area (TPSA) is 99.5 Å². The molecule has 146 valence electrons. The lowest BCUT2D eigenvalue weighted by Gasteiger charge is -2.07. The van der Waals surface area contributed by atoms with Crippen molar-refractivity contribution in [2.45, 2.75) is 6.54 Å². The molecule has 0 spiro atoms. The van der Waals surface area contributed by atoms with Gasteiger partial charge in [-0.15, -0.1) is 0 Å². The number of aromatic amines is 1. The van der Waals surface area contributed by atoms with Crippen molar-refractivity contribution < 1.29 is 9.90 Å². The maximum atomic E-state index is 12.5. The van der Waals surface area contributed by atoms with Gasteiger partial charge >= 0.3 is 5.56 Å². The summed E-state index contributed by atoms with van der Waals surface area (Å²) in [6.07, 6.45) is 0. The molecule has 0 fully saturated rings. The van der Waals surface area contributed by atoms with Gasteiger partial charge in [0.1, 0.15) is 0 Å². The molecule has 3 N–H and O–H groups in total. The third-order valence-electron chi connectivity index (χ3n) is 4.33. The molecule has 0 saturated heterocycles. The molecule has 0 unspecified atom stereocenters. The molecule has 4 aromatic rings. The summed E-state index contributed by atoms with van der Waals surface area (Å²) in [6.45, 7) is 0.124. The summed E-state index contributed by atoms with van der Waals surface area (Å²) in [6, 6.07) is 15.9. The number of aromatic nitrogens is 3. The molecule has 0 radical (unpaired) electrons. The number of H-pyrrole nitrogens is 1. The molecule has 4 rings (SSSR count). The Balaban J connectivity index is 1.64. The first kappa shape index (κ1) is 19.0. The zero-order valence-corrected chi connectivity index (χ0v) is 16.3. The summed E-state index contributed by atoms with van der Waals surface area (Å²) in [5.74, 6) is -1.42. The van der Waals surface area contributed by atoms with E-state index in [1.807, 2.05) is 30.3 Å². The van der Waals surface area contributed by atoms with Crippen LogP contribution in [0.1, 0.15) is 16.1 Å². The van der Waals surface area contributed by atoms with Crippen molar-refractivity contribution >= 4 is 34.8 Å². The van der Waals surface area contributed by atoms with Gasteiger partial charge in [0.25, 0.3) is 5.91 Å². The largest absolute Gasteiger partial charge is 0.501 e. The normalized spacial score (nSPS) is 11.0. The van der Waals surface area contributed by atoms with Crippen LogP contribution in [0.15, 0.2) is 59.4 Å². The molecule has 0 atom stereocenters. The zero-order chi connectivity index (χ0) is 20.5. The smallest absolute Gasteiger partial charge is 0.315 e. The highest BCUT2D eigenvalue weighted by Gasteiger charge is 2.20. The molecule has 2 aromatic heterocycles. The first-order chi connectivity index (χ1) is 13.9. The fourth-order valence-corrected chi connectivity index (χ4v) is 3.18. The van der Waals surface area contributed by atoms with E-state index in [9.17, 15) is 14.7 Å². The molecule has 9 heteroatoms. The SMILES string of the molecule is O=C(NCc1ccc(Cl)c(Cl)c1)c1nc2cc(-c3ccccc3)[nH]n2c(=O)c1O. The maximum Gasteiger partial charge on any atom is 0.315 e. The number of carbonyl (C=O) groups excluding carboxylic acids is 1. The van der Waals surface area contributed by atoms with Gasteiger partial charge < -0.3 is 10.4 Å². The standard InChI is InChI=1S/C20H14Cl2N4O3/c21-13-7-6-11(8-14(13)22)10-23-19(28)17-18(27)20(29)26-16(24-17)9-15(25-26)12-4-2-1-3-5-12/h1-9,25,27H,10H2,(H,23,28). The Bertz CT molecular complexity index is 1280. The number of fused-ring (bicyclic) bond motifs is 1. The number of aromatic hydroxyl groups is 1. The van der Waals surface area contributed by atoms with E-state index in [0.29, 0.717) is 21.3 Å². The van der Waals surface area contributed by atoms with Gasteiger partial charge in [0.2, 0.25) is 5.75 Å². The van der Waals surface area contributed by atoms with Crippen molar-refractivity contribution in [3.63, 3.8) is 0 Å². The summed E-state index contributed by atoms with van der Waals surface area (Å²) >= 11 is 11.8. The summed E-state index contributed by atoms with van der Waals surface area (Å²) < 4.78 is 1.09. The maximum absolute atomic E-state index is 12.5. The van der Waals surface area contributed by atoms with Crippen molar-refractivity contribution in [3.8, 4) is 17.0 Å². The van der Waals surface area contributed by atoms with E-state index in [4.69, 9.17) is 23.2 Å². The Morgan fingerprint density at radius 3 is 2.59 bits per heavy atom. The fourth-order valence-electron chi connectivity index (χ4n) is 2.85. The van der Waals surface area contributed by atoms with Crippen molar-refractivity contribution in [2.24, 2.45) is 0 Å².